The molecule has 2 atom stereocenters. The maximum absolute atomic E-state index is 12.9. The van der Waals surface area contributed by atoms with Crippen LogP contribution in [0.3, 0.4) is 0 Å². The quantitative estimate of drug-likeness (QED) is 0.593. The highest BCUT2D eigenvalue weighted by Crippen LogP contribution is 2.34. The van der Waals surface area contributed by atoms with Crippen molar-refractivity contribution in [2.24, 2.45) is 0 Å². The van der Waals surface area contributed by atoms with E-state index in [1.807, 2.05) is 48.5 Å². The maximum atomic E-state index is 12.9. The summed E-state index contributed by atoms with van der Waals surface area (Å²) in [5.41, 5.74) is 2.25. The van der Waals surface area contributed by atoms with Crippen LogP contribution in [0.25, 0.3) is 0 Å². The van der Waals surface area contributed by atoms with Crippen LogP contribution in [-0.2, 0) is 14.3 Å². The van der Waals surface area contributed by atoms with E-state index in [1.165, 1.54) is 11.2 Å². The van der Waals surface area contributed by atoms with E-state index in [0.717, 1.165) is 10.5 Å². The number of likely N-dealkylation sites (tertiary alicyclic amines) is 1. The van der Waals surface area contributed by atoms with Crippen molar-refractivity contribution in [3.05, 3.63) is 89.7 Å². The number of benzene rings is 2. The number of piperidine rings is 1. The second-order valence-electron chi connectivity index (χ2n) is 7.45. The lowest BCUT2D eigenvalue weighted by molar-refractivity contribution is -0.129. The van der Waals surface area contributed by atoms with Gasteiger partial charge < -0.3 is 9.84 Å². The monoisotopic (exact) mass is 418 g/mol. The Morgan fingerprint density at radius 2 is 1.68 bits per heavy atom. The molecule has 3 amide bonds. The van der Waals surface area contributed by atoms with Gasteiger partial charge in [-0.2, -0.15) is 0 Å². The number of carbonyl (C=O) groups is 3. The summed E-state index contributed by atoms with van der Waals surface area (Å²) < 4.78 is 5.82. The predicted octanol–water partition coefficient (Wildman–Crippen LogP) is 4.25. The van der Waals surface area contributed by atoms with Crippen molar-refractivity contribution in [3.63, 3.8) is 0 Å². The number of ether oxygens (including phenoxy) is 1. The van der Waals surface area contributed by atoms with Gasteiger partial charge in [0.1, 0.15) is 0 Å². The van der Waals surface area contributed by atoms with Crippen LogP contribution in [0.1, 0.15) is 31.4 Å². The lowest BCUT2D eigenvalue weighted by Crippen LogP contribution is -2.43. The number of carboxylic acid groups (broad SMARTS) is 1. The molecule has 158 valence electrons. The molecular formula is C24H22N2O5. The fourth-order valence-corrected chi connectivity index (χ4v) is 3.91. The second-order valence-corrected chi connectivity index (χ2v) is 7.45. The normalized spacial score (nSPS) is 22.6. The number of anilines is 1. The van der Waals surface area contributed by atoms with Crippen LogP contribution < -0.4 is 4.90 Å². The zero-order valence-electron chi connectivity index (χ0n) is 17.0. The van der Waals surface area contributed by atoms with Crippen molar-refractivity contribution >= 4 is 23.6 Å². The molecule has 0 aliphatic carbocycles. The first kappa shape index (κ1) is 20.4. The third kappa shape index (κ3) is 3.94. The van der Waals surface area contributed by atoms with Gasteiger partial charge >= 0.3 is 6.09 Å². The van der Waals surface area contributed by atoms with Crippen molar-refractivity contribution < 1.29 is 24.2 Å². The summed E-state index contributed by atoms with van der Waals surface area (Å²) in [5.74, 6) is -0.787. The van der Waals surface area contributed by atoms with Crippen molar-refractivity contribution in [3.8, 4) is 0 Å². The Morgan fingerprint density at radius 1 is 1.03 bits per heavy atom. The van der Waals surface area contributed by atoms with E-state index in [9.17, 15) is 19.5 Å². The minimum absolute atomic E-state index is 0.180. The summed E-state index contributed by atoms with van der Waals surface area (Å²) in [6, 6.07) is 17.7. The molecule has 1 fully saturated rings. The molecular weight excluding hydrogens is 396 g/mol. The molecule has 0 spiro atoms. The van der Waals surface area contributed by atoms with Gasteiger partial charge in [-0.25, -0.2) is 9.69 Å². The lowest BCUT2D eigenvalue weighted by atomic mass is 9.93. The predicted molar refractivity (Wildman–Crippen MR) is 114 cm³/mol. The van der Waals surface area contributed by atoms with E-state index in [0.29, 0.717) is 24.1 Å². The van der Waals surface area contributed by atoms with E-state index < -0.39 is 24.3 Å². The van der Waals surface area contributed by atoms with Gasteiger partial charge in [0.15, 0.2) is 6.23 Å². The summed E-state index contributed by atoms with van der Waals surface area (Å²) in [4.78, 5) is 39.7. The molecule has 2 aliphatic rings. The van der Waals surface area contributed by atoms with Gasteiger partial charge in [-0.05, 0) is 43.5 Å². The van der Waals surface area contributed by atoms with Gasteiger partial charge in [0.2, 0.25) is 0 Å². The summed E-state index contributed by atoms with van der Waals surface area (Å²) in [6.45, 7) is 1.71. The largest absolute Gasteiger partial charge is 0.474 e. The van der Waals surface area contributed by atoms with E-state index in [1.54, 1.807) is 25.1 Å². The van der Waals surface area contributed by atoms with Crippen molar-refractivity contribution in [1.82, 2.24) is 4.90 Å². The molecule has 7 nitrogen and oxygen atoms in total. The van der Waals surface area contributed by atoms with E-state index >= 15 is 0 Å². The molecule has 2 heterocycles. The average Bonchev–Trinajstić information content (AvgIpc) is 3.07. The summed E-state index contributed by atoms with van der Waals surface area (Å²) >= 11 is 0. The lowest BCUT2D eigenvalue weighted by Gasteiger charge is -2.33. The van der Waals surface area contributed by atoms with Crippen LogP contribution in [0.2, 0.25) is 0 Å². The van der Waals surface area contributed by atoms with E-state index in [4.69, 9.17) is 4.74 Å². The first-order valence-corrected chi connectivity index (χ1v) is 10.0. The number of amides is 3. The van der Waals surface area contributed by atoms with Crippen LogP contribution >= 0.6 is 0 Å². The zero-order chi connectivity index (χ0) is 22.0. The number of nitrogens with zero attached hydrogens (tertiary/aromatic N) is 2. The maximum Gasteiger partial charge on any atom is 0.414 e. The third-order valence-electron chi connectivity index (χ3n) is 5.47. The minimum atomic E-state index is -1.30. The topological polar surface area (TPSA) is 87.2 Å². The molecule has 31 heavy (non-hydrogen) atoms. The van der Waals surface area contributed by atoms with Gasteiger partial charge in [0, 0.05) is 11.3 Å². The Morgan fingerprint density at radius 3 is 2.32 bits per heavy atom. The number of imide groups is 1. The Balaban J connectivity index is 1.56. The van der Waals surface area contributed by atoms with Gasteiger partial charge in [-0.3, -0.25) is 14.5 Å². The Bertz CT molecular complexity index is 1060. The molecule has 7 heteroatoms. The first-order chi connectivity index (χ1) is 15.0. The van der Waals surface area contributed by atoms with E-state index in [2.05, 4.69) is 0 Å². The van der Waals surface area contributed by atoms with Crippen molar-refractivity contribution in [2.75, 3.05) is 4.90 Å². The molecule has 2 unspecified atom stereocenters. The SMILES string of the molecule is CC1=CC(O/C=C2\CCC(c3ccccc3)N(C(=O)O)C2=O)N(c2ccccc2)C1=O. The average molecular weight is 418 g/mol. The molecule has 4 rings (SSSR count). The third-order valence-corrected chi connectivity index (χ3v) is 5.47. The Hall–Kier alpha value is -3.87. The molecule has 1 N–H and O–H groups in total. The van der Waals surface area contributed by atoms with Crippen LogP contribution in [0, 0.1) is 0 Å². The molecule has 2 aliphatic heterocycles. The smallest absolute Gasteiger partial charge is 0.414 e. The van der Waals surface area contributed by atoms with Crippen LogP contribution in [0.15, 0.2) is 84.1 Å². The number of hydrogen-bond acceptors (Lipinski definition) is 4. The van der Waals surface area contributed by atoms with E-state index in [-0.39, 0.29) is 11.5 Å². The Kier molecular flexibility index (Phi) is 5.58. The number of hydrogen-bond donors (Lipinski definition) is 1. The van der Waals surface area contributed by atoms with Gasteiger partial charge in [0.25, 0.3) is 11.8 Å². The molecule has 0 bridgehead atoms. The standard InChI is InChI=1S/C24H22N2O5/c1-16-14-21(25(22(16)27)19-10-6-3-7-11-19)31-15-18-12-13-20(17-8-4-2-5-9-17)26(23(18)28)24(29)30/h2-11,14-15,20-21H,12-13H2,1H3,(H,29,30)/b18-15+. The van der Waals surface area contributed by atoms with Gasteiger partial charge in [-0.15, -0.1) is 0 Å². The van der Waals surface area contributed by atoms with Crippen LogP contribution in [0.5, 0.6) is 0 Å². The summed E-state index contributed by atoms with van der Waals surface area (Å²) in [5, 5.41) is 9.67. The fraction of sp³-hybridized carbons (Fsp3) is 0.208. The van der Waals surface area contributed by atoms with Gasteiger partial charge in [-0.1, -0.05) is 48.5 Å². The second kappa shape index (κ2) is 8.47. The molecule has 0 saturated carbocycles. The first-order valence-electron chi connectivity index (χ1n) is 10.0. The Labute approximate surface area is 179 Å². The molecule has 2 aromatic carbocycles. The van der Waals surface area contributed by atoms with Crippen molar-refractivity contribution in [1.29, 1.82) is 0 Å². The number of para-hydroxylation sites is 1. The minimum Gasteiger partial charge on any atom is -0.474 e. The highest BCUT2D eigenvalue weighted by Gasteiger charge is 2.38. The fourth-order valence-electron chi connectivity index (χ4n) is 3.91. The molecule has 1 saturated heterocycles. The van der Waals surface area contributed by atoms with Crippen LogP contribution in [-0.4, -0.2) is 34.1 Å². The number of rotatable bonds is 4. The zero-order valence-corrected chi connectivity index (χ0v) is 17.0. The van der Waals surface area contributed by atoms with Crippen molar-refractivity contribution in [2.45, 2.75) is 32.0 Å². The van der Waals surface area contributed by atoms with Crippen LogP contribution in [0.4, 0.5) is 10.5 Å². The van der Waals surface area contributed by atoms with Gasteiger partial charge in [0.05, 0.1) is 17.9 Å². The molecule has 0 radical (unpaired) electrons. The summed E-state index contributed by atoms with van der Waals surface area (Å²) in [6.07, 6.45) is 1.79. The summed E-state index contributed by atoms with van der Waals surface area (Å²) in [7, 11) is 0. The molecule has 2 aromatic rings. The highest BCUT2D eigenvalue weighted by molar-refractivity contribution is 6.08. The number of carbonyl (C=O) groups excluding carboxylic acids is 2. The highest BCUT2D eigenvalue weighted by atomic mass is 16.5. The molecule has 0 aromatic heterocycles.